The molecule has 2 saturated carbocycles. The lowest BCUT2D eigenvalue weighted by Crippen LogP contribution is -2.32. The third kappa shape index (κ3) is 8.23. The molecule has 4 unspecified atom stereocenters. The molecule has 2 aliphatic carbocycles. The molecule has 0 radical (unpaired) electrons. The van der Waals surface area contributed by atoms with Crippen LogP contribution in [0.4, 0.5) is 0 Å². The number of hydrogen-bond acceptors (Lipinski definition) is 8. The molecule has 8 heterocycles. The summed E-state index contributed by atoms with van der Waals surface area (Å²) in [5.41, 5.74) is 12.3. The van der Waals surface area contributed by atoms with Crippen LogP contribution in [0.1, 0.15) is 85.0 Å². The first kappa shape index (κ1) is 37.5. The van der Waals surface area contributed by atoms with Crippen molar-refractivity contribution in [3.8, 4) is 45.3 Å². The Kier molecular flexibility index (Phi) is 10.7. The second-order valence-electron chi connectivity index (χ2n) is 16.4. The van der Waals surface area contributed by atoms with Crippen molar-refractivity contribution in [1.82, 2.24) is 39.9 Å². The van der Waals surface area contributed by atoms with E-state index < -0.39 is 0 Å². The summed E-state index contributed by atoms with van der Waals surface area (Å²) in [6, 6.07) is 45.9. The maximum absolute atomic E-state index is 5.32. The van der Waals surface area contributed by atoms with Crippen LogP contribution >= 0.6 is 0 Å². The molecule has 8 nitrogen and oxygen atoms in total. The molecule has 2 aliphatic rings. The Hall–Kier alpha value is -6.80. The first-order chi connectivity index (χ1) is 29.7. The van der Waals surface area contributed by atoms with Crippen molar-refractivity contribution >= 4 is 0 Å². The van der Waals surface area contributed by atoms with Crippen LogP contribution in [0.2, 0.25) is 0 Å². The van der Waals surface area contributed by atoms with E-state index in [1.807, 2.05) is 97.8 Å². The zero-order valence-corrected chi connectivity index (χ0v) is 33.5. The van der Waals surface area contributed by atoms with E-state index in [0.717, 1.165) is 107 Å². The second kappa shape index (κ2) is 17.2. The van der Waals surface area contributed by atoms with Gasteiger partial charge in [-0.15, -0.1) is 0 Å². The maximum Gasteiger partial charge on any atom is 0.0889 e. The molecule has 2 fully saturated rings. The SMILES string of the molecule is c1ccc(-c2ccnc(C3CC(c4cc(-c5ccccn5)ccn4)CC(C4CC(c5cccc(-c6ccccn6)n5)CC(c5cccc(-c6ccccn6)n5)C4)C3)c2)nc1. The Morgan fingerprint density at radius 1 is 0.283 bits per heavy atom. The molecule has 0 aliphatic heterocycles. The summed E-state index contributed by atoms with van der Waals surface area (Å²) in [7, 11) is 0. The standard InChI is InChI=1S/C52H46N8/c1-5-21-53-43(11-1)35-19-25-57-51(33-35)41-29-38(30-42(32-41)52-34-36(20-26-58-52)44-12-2-6-22-54-44)37-27-39(45-15-9-17-49(59-45)47-13-3-7-23-55-47)31-40(28-37)46-16-10-18-50(60-46)48-14-4-8-24-56-48/h1-26,33-34,37-42H,27-32H2. The van der Waals surface area contributed by atoms with Crippen LogP contribution in [0.25, 0.3) is 45.3 Å². The number of pyridine rings is 8. The Labute approximate surface area is 351 Å². The Morgan fingerprint density at radius 3 is 1.03 bits per heavy atom. The average molecular weight is 783 g/mol. The first-order valence-corrected chi connectivity index (χ1v) is 21.2. The van der Waals surface area contributed by atoms with Crippen LogP contribution in [-0.4, -0.2) is 39.9 Å². The lowest BCUT2D eigenvalue weighted by Gasteiger charge is -2.43. The number of hydrogen-bond donors (Lipinski definition) is 0. The summed E-state index contributed by atoms with van der Waals surface area (Å²) >= 11 is 0. The van der Waals surface area contributed by atoms with Crippen molar-refractivity contribution in [2.24, 2.45) is 11.8 Å². The van der Waals surface area contributed by atoms with E-state index in [4.69, 9.17) is 19.9 Å². The second-order valence-corrected chi connectivity index (χ2v) is 16.4. The number of rotatable bonds is 9. The number of nitrogens with zero attached hydrogens (tertiary/aromatic N) is 8. The molecular weight excluding hydrogens is 737 g/mol. The summed E-state index contributed by atoms with van der Waals surface area (Å²) in [6.45, 7) is 0. The van der Waals surface area contributed by atoms with Gasteiger partial charge < -0.3 is 0 Å². The molecule has 60 heavy (non-hydrogen) atoms. The van der Waals surface area contributed by atoms with Gasteiger partial charge in [-0.05, 0) is 147 Å². The molecule has 0 amide bonds. The molecular formula is C52H46N8. The third-order valence-corrected chi connectivity index (χ3v) is 12.7. The minimum absolute atomic E-state index is 0.257. The highest BCUT2D eigenvalue weighted by atomic mass is 14.8. The van der Waals surface area contributed by atoms with Gasteiger partial charge in [-0.25, -0.2) is 0 Å². The Balaban J connectivity index is 1.03. The van der Waals surface area contributed by atoms with E-state index in [-0.39, 0.29) is 23.7 Å². The predicted octanol–water partition coefficient (Wildman–Crippen LogP) is 11.5. The van der Waals surface area contributed by atoms with Crippen LogP contribution in [0.3, 0.4) is 0 Å². The fourth-order valence-electron chi connectivity index (χ4n) is 9.86. The topological polar surface area (TPSA) is 103 Å². The highest BCUT2D eigenvalue weighted by Crippen LogP contribution is 2.53. The smallest absolute Gasteiger partial charge is 0.0889 e. The molecule has 0 saturated heterocycles. The van der Waals surface area contributed by atoms with E-state index in [9.17, 15) is 0 Å². The number of aromatic nitrogens is 8. The van der Waals surface area contributed by atoms with E-state index in [1.165, 1.54) is 0 Å². The minimum Gasteiger partial charge on any atom is -0.261 e. The van der Waals surface area contributed by atoms with E-state index in [1.54, 1.807) is 0 Å². The van der Waals surface area contributed by atoms with Crippen molar-refractivity contribution < 1.29 is 0 Å². The highest BCUT2D eigenvalue weighted by molar-refractivity contribution is 5.60. The zero-order chi connectivity index (χ0) is 40.1. The largest absolute Gasteiger partial charge is 0.261 e. The van der Waals surface area contributed by atoms with Gasteiger partial charge >= 0.3 is 0 Å². The van der Waals surface area contributed by atoms with Gasteiger partial charge in [0.1, 0.15) is 0 Å². The molecule has 8 aromatic heterocycles. The molecule has 0 spiro atoms. The summed E-state index contributed by atoms with van der Waals surface area (Å²) in [5.74, 6) is 1.89. The van der Waals surface area contributed by atoms with Crippen LogP contribution in [0.5, 0.6) is 0 Å². The van der Waals surface area contributed by atoms with Gasteiger partial charge in [-0.2, -0.15) is 0 Å². The molecule has 0 bridgehead atoms. The molecule has 8 aromatic rings. The Bertz CT molecular complexity index is 2290. The third-order valence-electron chi connectivity index (χ3n) is 12.7. The lowest BCUT2D eigenvalue weighted by molar-refractivity contribution is 0.144. The first-order valence-electron chi connectivity index (χ1n) is 21.2. The van der Waals surface area contributed by atoms with Crippen molar-refractivity contribution in [2.45, 2.75) is 62.2 Å². The predicted molar refractivity (Wildman–Crippen MR) is 236 cm³/mol. The highest BCUT2D eigenvalue weighted by Gasteiger charge is 2.41. The van der Waals surface area contributed by atoms with Crippen LogP contribution in [-0.2, 0) is 0 Å². The fourth-order valence-corrected chi connectivity index (χ4v) is 9.86. The van der Waals surface area contributed by atoms with Gasteiger partial charge in [-0.3, -0.25) is 39.9 Å². The molecule has 10 rings (SSSR count). The van der Waals surface area contributed by atoms with Crippen molar-refractivity contribution in [3.05, 3.63) is 193 Å². The van der Waals surface area contributed by atoms with Crippen LogP contribution in [0.15, 0.2) is 171 Å². The van der Waals surface area contributed by atoms with Gasteiger partial charge in [0.05, 0.1) is 34.2 Å². The summed E-state index contributed by atoms with van der Waals surface area (Å²) in [4.78, 5) is 39.5. The minimum atomic E-state index is 0.257. The molecule has 294 valence electrons. The van der Waals surface area contributed by atoms with Crippen molar-refractivity contribution in [1.29, 1.82) is 0 Å². The van der Waals surface area contributed by atoms with Gasteiger partial charge in [0.2, 0.25) is 0 Å². The Morgan fingerprint density at radius 2 is 0.650 bits per heavy atom. The average Bonchev–Trinajstić information content (AvgIpc) is 3.35. The van der Waals surface area contributed by atoms with Crippen LogP contribution in [0, 0.1) is 11.8 Å². The summed E-state index contributed by atoms with van der Waals surface area (Å²) < 4.78 is 0. The van der Waals surface area contributed by atoms with Gasteiger partial charge in [-0.1, -0.05) is 36.4 Å². The molecule has 8 heteroatoms. The van der Waals surface area contributed by atoms with Crippen LogP contribution < -0.4 is 0 Å². The maximum atomic E-state index is 5.32. The van der Waals surface area contributed by atoms with Crippen molar-refractivity contribution in [2.75, 3.05) is 0 Å². The van der Waals surface area contributed by atoms with E-state index >= 15 is 0 Å². The lowest BCUT2D eigenvalue weighted by atomic mass is 9.61. The van der Waals surface area contributed by atoms with E-state index in [0.29, 0.717) is 11.8 Å². The molecule has 4 atom stereocenters. The molecule has 0 N–H and O–H groups in total. The summed E-state index contributed by atoms with van der Waals surface area (Å²) in [5, 5.41) is 0. The fraction of sp³-hybridized carbons (Fsp3) is 0.231. The van der Waals surface area contributed by atoms with E-state index in [2.05, 4.69) is 92.7 Å². The van der Waals surface area contributed by atoms with Gasteiger partial charge in [0, 0.05) is 94.8 Å². The summed E-state index contributed by atoms with van der Waals surface area (Å²) in [6.07, 6.45) is 17.5. The van der Waals surface area contributed by atoms with Gasteiger partial charge in [0.25, 0.3) is 0 Å². The zero-order valence-electron chi connectivity index (χ0n) is 33.5. The van der Waals surface area contributed by atoms with Gasteiger partial charge in [0.15, 0.2) is 0 Å². The molecule has 0 aromatic carbocycles. The van der Waals surface area contributed by atoms with Crippen molar-refractivity contribution in [3.63, 3.8) is 0 Å². The quantitative estimate of drug-likeness (QED) is 0.143. The normalized spacial score (nSPS) is 21.6. The monoisotopic (exact) mass is 782 g/mol.